The number of carbonyl (C=O) groups excluding carboxylic acids is 1. The largest absolute Gasteiger partial charge is 0.395 e. The zero-order chi connectivity index (χ0) is 8.81. The van der Waals surface area contributed by atoms with E-state index in [4.69, 9.17) is 5.11 Å². The molecule has 12 heavy (non-hydrogen) atoms. The molecule has 7 nitrogen and oxygen atoms in total. The Morgan fingerprint density at radius 2 is 2.58 bits per heavy atom. The molecule has 0 bridgehead atoms. The molecule has 66 valence electrons. The molecule has 1 rings (SSSR count). The lowest BCUT2D eigenvalue weighted by Gasteiger charge is -2.01. The molecule has 4 N–H and O–H groups in total. The van der Waals surface area contributed by atoms with Gasteiger partial charge in [0, 0.05) is 6.54 Å². The number of nitrogens with zero attached hydrogens (tertiary/aromatic N) is 2. The second kappa shape index (κ2) is 4.29. The normalized spacial score (nSPS) is 9.42. The second-order valence-corrected chi connectivity index (χ2v) is 1.94. The lowest BCUT2D eigenvalue weighted by Crippen LogP contribution is -2.31. The van der Waals surface area contributed by atoms with Crippen molar-refractivity contribution < 1.29 is 9.90 Å². The van der Waals surface area contributed by atoms with Gasteiger partial charge in [-0.1, -0.05) is 0 Å². The molecule has 1 aromatic heterocycles. The first-order chi connectivity index (χ1) is 5.83. The van der Waals surface area contributed by atoms with Gasteiger partial charge in [0.2, 0.25) is 5.95 Å². The fraction of sp³-hybridized carbons (Fsp3) is 0.400. The van der Waals surface area contributed by atoms with E-state index in [2.05, 4.69) is 25.8 Å². The highest BCUT2D eigenvalue weighted by Crippen LogP contribution is 1.90. The summed E-state index contributed by atoms with van der Waals surface area (Å²) in [4.78, 5) is 13.4. The molecule has 0 radical (unpaired) electrons. The van der Waals surface area contributed by atoms with E-state index < -0.39 is 6.03 Å². The van der Waals surface area contributed by atoms with Crippen LogP contribution < -0.4 is 10.6 Å². The molecule has 0 aliphatic rings. The van der Waals surface area contributed by atoms with E-state index in [1.54, 1.807) is 0 Å². The molecule has 0 atom stereocenters. The number of amides is 2. The van der Waals surface area contributed by atoms with Crippen molar-refractivity contribution in [2.75, 3.05) is 18.5 Å². The van der Waals surface area contributed by atoms with Crippen LogP contribution in [0.1, 0.15) is 0 Å². The maximum absolute atomic E-state index is 10.8. The van der Waals surface area contributed by atoms with Crippen LogP contribution in [-0.4, -0.2) is 39.5 Å². The van der Waals surface area contributed by atoms with Crippen LogP contribution in [0.5, 0.6) is 0 Å². The monoisotopic (exact) mass is 171 g/mol. The summed E-state index contributed by atoms with van der Waals surface area (Å²) in [5.41, 5.74) is 0. The summed E-state index contributed by atoms with van der Waals surface area (Å²) in [5, 5.41) is 20.1. The maximum Gasteiger partial charge on any atom is 0.321 e. The number of hydrogen-bond acceptors (Lipinski definition) is 4. The maximum atomic E-state index is 10.8. The van der Waals surface area contributed by atoms with Gasteiger partial charge >= 0.3 is 6.03 Å². The molecule has 1 heterocycles. The Labute approximate surface area is 68.2 Å². The van der Waals surface area contributed by atoms with Crippen LogP contribution in [0.3, 0.4) is 0 Å². The Balaban J connectivity index is 2.27. The van der Waals surface area contributed by atoms with Gasteiger partial charge in [-0.25, -0.2) is 4.79 Å². The van der Waals surface area contributed by atoms with Crippen molar-refractivity contribution in [1.29, 1.82) is 0 Å². The number of H-pyrrole nitrogens is 1. The first kappa shape index (κ1) is 8.47. The Hall–Kier alpha value is -1.63. The summed E-state index contributed by atoms with van der Waals surface area (Å²) in [5.74, 6) is 0.269. The van der Waals surface area contributed by atoms with Gasteiger partial charge in [-0.15, -0.1) is 10.2 Å². The second-order valence-electron chi connectivity index (χ2n) is 1.94. The molecular weight excluding hydrogens is 162 g/mol. The summed E-state index contributed by atoms with van der Waals surface area (Å²) >= 11 is 0. The van der Waals surface area contributed by atoms with Gasteiger partial charge in [0.25, 0.3) is 0 Å². The molecule has 0 spiro atoms. The van der Waals surface area contributed by atoms with Gasteiger partial charge in [0.05, 0.1) is 6.61 Å². The number of rotatable bonds is 3. The van der Waals surface area contributed by atoms with Gasteiger partial charge in [-0.2, -0.15) is 0 Å². The number of anilines is 1. The standard InChI is InChI=1S/C5H9N5O2/c11-2-1-6-5(12)9-4-7-3-8-10-4/h3,11H,1-2H2,(H3,6,7,8,9,10,12). The summed E-state index contributed by atoms with van der Waals surface area (Å²) in [6.45, 7) is 0.115. The third kappa shape index (κ3) is 2.54. The van der Waals surface area contributed by atoms with Crippen molar-refractivity contribution >= 4 is 12.0 Å². The number of nitrogens with one attached hydrogen (secondary N) is 3. The van der Waals surface area contributed by atoms with Gasteiger partial charge < -0.3 is 15.4 Å². The zero-order valence-electron chi connectivity index (χ0n) is 6.24. The first-order valence-electron chi connectivity index (χ1n) is 3.34. The molecule has 0 saturated carbocycles. The van der Waals surface area contributed by atoms with Crippen LogP contribution in [-0.2, 0) is 0 Å². The third-order valence-corrected chi connectivity index (χ3v) is 1.05. The zero-order valence-corrected chi connectivity index (χ0v) is 6.24. The Morgan fingerprint density at radius 1 is 1.75 bits per heavy atom. The predicted molar refractivity (Wildman–Crippen MR) is 40.5 cm³/mol. The number of aliphatic hydroxyl groups is 1. The van der Waals surface area contributed by atoms with E-state index in [0.29, 0.717) is 0 Å². The van der Waals surface area contributed by atoms with Gasteiger partial charge in [0.1, 0.15) is 6.33 Å². The van der Waals surface area contributed by atoms with Crippen molar-refractivity contribution in [3.05, 3.63) is 6.33 Å². The van der Waals surface area contributed by atoms with Crippen molar-refractivity contribution in [3.8, 4) is 0 Å². The first-order valence-corrected chi connectivity index (χ1v) is 3.34. The number of aromatic nitrogens is 3. The van der Waals surface area contributed by atoms with Crippen molar-refractivity contribution in [3.63, 3.8) is 0 Å². The fourth-order valence-corrected chi connectivity index (χ4v) is 0.588. The minimum atomic E-state index is -0.430. The van der Waals surface area contributed by atoms with E-state index in [0.717, 1.165) is 0 Å². The summed E-state index contributed by atoms with van der Waals surface area (Å²) < 4.78 is 0. The van der Waals surface area contributed by atoms with E-state index >= 15 is 0 Å². The van der Waals surface area contributed by atoms with Gasteiger partial charge in [0.15, 0.2) is 0 Å². The Morgan fingerprint density at radius 3 is 3.17 bits per heavy atom. The van der Waals surface area contributed by atoms with E-state index in [1.807, 2.05) is 0 Å². The number of hydrogen-bond donors (Lipinski definition) is 4. The Kier molecular flexibility index (Phi) is 3.03. The molecule has 0 aromatic carbocycles. The minimum absolute atomic E-state index is 0.0934. The highest BCUT2D eigenvalue weighted by atomic mass is 16.3. The number of aliphatic hydroxyl groups excluding tert-OH is 1. The minimum Gasteiger partial charge on any atom is -0.395 e. The third-order valence-electron chi connectivity index (χ3n) is 1.05. The molecule has 0 unspecified atom stereocenters. The Bertz CT molecular complexity index is 234. The lowest BCUT2D eigenvalue weighted by atomic mass is 10.7. The molecule has 0 aliphatic carbocycles. The fourth-order valence-electron chi connectivity index (χ4n) is 0.588. The molecule has 0 saturated heterocycles. The van der Waals surface area contributed by atoms with Crippen LogP contribution in [0.15, 0.2) is 6.33 Å². The molecule has 0 fully saturated rings. The highest BCUT2D eigenvalue weighted by Gasteiger charge is 2.00. The molecule has 1 aromatic rings. The van der Waals surface area contributed by atoms with Crippen molar-refractivity contribution in [2.45, 2.75) is 0 Å². The number of aromatic amines is 1. The molecule has 0 aliphatic heterocycles. The summed E-state index contributed by atoms with van der Waals surface area (Å²) in [7, 11) is 0. The number of carbonyl (C=O) groups is 1. The van der Waals surface area contributed by atoms with Crippen LogP contribution in [0.4, 0.5) is 10.7 Å². The smallest absolute Gasteiger partial charge is 0.321 e. The number of urea groups is 1. The van der Waals surface area contributed by atoms with E-state index in [9.17, 15) is 4.79 Å². The highest BCUT2D eigenvalue weighted by molar-refractivity contribution is 5.87. The molecule has 2 amide bonds. The quantitative estimate of drug-likeness (QED) is 0.464. The lowest BCUT2D eigenvalue weighted by molar-refractivity contribution is 0.244. The molecule has 7 heteroatoms. The average Bonchev–Trinajstić information content (AvgIpc) is 2.53. The predicted octanol–water partition coefficient (Wildman–Crippen LogP) is -1.08. The van der Waals surface area contributed by atoms with Crippen molar-refractivity contribution in [2.24, 2.45) is 0 Å². The van der Waals surface area contributed by atoms with Crippen LogP contribution >= 0.6 is 0 Å². The van der Waals surface area contributed by atoms with E-state index in [-0.39, 0.29) is 19.1 Å². The average molecular weight is 171 g/mol. The summed E-state index contributed by atoms with van der Waals surface area (Å²) in [6.07, 6.45) is 1.35. The van der Waals surface area contributed by atoms with Crippen LogP contribution in [0, 0.1) is 0 Å². The topological polar surface area (TPSA) is 103 Å². The van der Waals surface area contributed by atoms with E-state index in [1.165, 1.54) is 6.33 Å². The SMILES string of the molecule is O=C(NCCO)Nc1nnc[nH]1. The summed E-state index contributed by atoms with van der Waals surface area (Å²) in [6, 6.07) is -0.430. The van der Waals surface area contributed by atoms with Gasteiger partial charge in [-0.05, 0) is 0 Å². The van der Waals surface area contributed by atoms with Crippen LogP contribution in [0.25, 0.3) is 0 Å². The molecular formula is C5H9N5O2. The van der Waals surface area contributed by atoms with Crippen LogP contribution in [0.2, 0.25) is 0 Å². The van der Waals surface area contributed by atoms with Gasteiger partial charge in [-0.3, -0.25) is 5.32 Å². The van der Waals surface area contributed by atoms with Crippen molar-refractivity contribution in [1.82, 2.24) is 20.5 Å².